The van der Waals surface area contributed by atoms with Crippen LogP contribution in [0.5, 0.6) is 17.2 Å². The Balaban J connectivity index is 1.92. The summed E-state index contributed by atoms with van der Waals surface area (Å²) in [5.41, 5.74) is 0. The Bertz CT molecular complexity index is 1210. The van der Waals surface area contributed by atoms with Crippen molar-refractivity contribution in [3.8, 4) is 17.2 Å². The van der Waals surface area contributed by atoms with Crippen LogP contribution in [-0.4, -0.2) is 36.5 Å². The summed E-state index contributed by atoms with van der Waals surface area (Å²) in [6, 6.07) is 3.34. The zero-order chi connectivity index (χ0) is 23.7. The smallest absolute Gasteiger partial charge is 0.411 e. The van der Waals surface area contributed by atoms with Gasteiger partial charge < -0.3 is 9.47 Å². The molecule has 3 rings (SSSR count). The number of alkyl halides is 4. The minimum Gasteiger partial charge on any atom is -0.493 e. The first kappa shape index (κ1) is 24.1. The maximum atomic E-state index is 13.6. The molecule has 0 spiro atoms. The van der Waals surface area contributed by atoms with Crippen LogP contribution in [0.25, 0.3) is 0 Å². The van der Waals surface area contributed by atoms with E-state index in [0.29, 0.717) is 6.08 Å². The number of aromatic nitrogens is 2. The van der Waals surface area contributed by atoms with Crippen LogP contribution in [0.3, 0.4) is 0 Å². The number of rotatable bonds is 6. The highest BCUT2D eigenvalue weighted by Gasteiger charge is 2.52. The van der Waals surface area contributed by atoms with Crippen LogP contribution in [0.1, 0.15) is 6.42 Å². The second kappa shape index (κ2) is 8.75. The van der Waals surface area contributed by atoms with Gasteiger partial charge in [-0.3, -0.25) is 4.72 Å². The molecule has 0 saturated heterocycles. The largest absolute Gasteiger partial charge is 0.493 e. The summed E-state index contributed by atoms with van der Waals surface area (Å²) < 4.78 is 90.8. The molecule has 1 aromatic heterocycles. The van der Waals surface area contributed by atoms with Crippen molar-refractivity contribution in [2.45, 2.75) is 17.5 Å². The molecule has 0 saturated carbocycles. The average Bonchev–Trinajstić information content (AvgIpc) is 2.70. The molecule has 32 heavy (non-hydrogen) atoms. The highest BCUT2D eigenvalue weighted by atomic mass is 35.5. The Hall–Kier alpha value is -2.57. The summed E-state index contributed by atoms with van der Waals surface area (Å²) in [5, 5.41) is -0.325. The lowest BCUT2D eigenvalue weighted by atomic mass is 9.99. The third-order valence-electron chi connectivity index (χ3n) is 4.22. The second-order valence-corrected chi connectivity index (χ2v) is 9.06. The van der Waals surface area contributed by atoms with Gasteiger partial charge in [-0.15, -0.1) is 11.6 Å². The number of hydrogen-bond donors (Lipinski definition) is 1. The molecular weight excluding hydrogens is 501 g/mol. The average molecular weight is 514 g/mol. The van der Waals surface area contributed by atoms with Crippen LogP contribution in [0.4, 0.5) is 23.4 Å². The lowest BCUT2D eigenvalue weighted by molar-refractivity contribution is -0.149. The zero-order valence-corrected chi connectivity index (χ0v) is 18.3. The monoisotopic (exact) mass is 513 g/mol. The first-order chi connectivity index (χ1) is 14.9. The number of allylic oxidation sites excluding steroid dienone is 3. The van der Waals surface area contributed by atoms with E-state index in [1.807, 2.05) is 0 Å². The van der Waals surface area contributed by atoms with E-state index in [4.69, 9.17) is 32.7 Å². The lowest BCUT2D eigenvalue weighted by Gasteiger charge is -2.27. The van der Waals surface area contributed by atoms with E-state index < -0.39 is 44.0 Å². The van der Waals surface area contributed by atoms with E-state index in [1.54, 1.807) is 0 Å². The van der Waals surface area contributed by atoms with Gasteiger partial charge in [-0.1, -0.05) is 23.8 Å². The van der Waals surface area contributed by atoms with Crippen LogP contribution in [0.15, 0.2) is 47.7 Å². The van der Waals surface area contributed by atoms with Crippen molar-refractivity contribution >= 4 is 39.0 Å². The predicted octanol–water partition coefficient (Wildman–Crippen LogP) is 5.20. The Morgan fingerprint density at radius 2 is 1.94 bits per heavy atom. The topological polar surface area (TPSA) is 90.4 Å². The van der Waals surface area contributed by atoms with Crippen molar-refractivity contribution in [1.82, 2.24) is 9.97 Å². The minimum atomic E-state index is -4.78. The molecule has 0 bridgehead atoms. The molecule has 0 amide bonds. The molecule has 7 nitrogen and oxygen atoms in total. The van der Waals surface area contributed by atoms with Gasteiger partial charge in [0.2, 0.25) is 5.75 Å². The third kappa shape index (κ3) is 4.92. The maximum absolute atomic E-state index is 13.6. The van der Waals surface area contributed by atoms with Gasteiger partial charge in [0.1, 0.15) is 12.1 Å². The summed E-state index contributed by atoms with van der Waals surface area (Å²) in [7, 11) is -3.13. The first-order valence-corrected chi connectivity index (χ1v) is 10.8. The van der Waals surface area contributed by atoms with E-state index in [1.165, 1.54) is 13.2 Å². The molecule has 1 aliphatic rings. The standard InChI is InChI=1S/C18H13Cl2F4N3O4S/c1-30-12-3-2-10(21)8-13(12)31-14-15(19)25-9-26-16(14)27-32(28,29)11-4-6-17(20,7-5-11)18(22,23)24/h2-6,8-9H,7H2,1H3,(H,25,26,27). The van der Waals surface area contributed by atoms with Crippen molar-refractivity contribution in [2.24, 2.45) is 0 Å². The molecule has 14 heteroatoms. The van der Waals surface area contributed by atoms with E-state index in [0.717, 1.165) is 30.6 Å². The van der Waals surface area contributed by atoms with Crippen LogP contribution in [0, 0.1) is 5.82 Å². The molecule has 172 valence electrons. The van der Waals surface area contributed by atoms with Crippen LogP contribution >= 0.6 is 23.2 Å². The van der Waals surface area contributed by atoms with Crippen molar-refractivity contribution in [2.75, 3.05) is 11.8 Å². The fourth-order valence-electron chi connectivity index (χ4n) is 2.55. The molecule has 2 aromatic rings. The summed E-state index contributed by atoms with van der Waals surface area (Å²) in [4.78, 5) is 4.25. The number of nitrogens with one attached hydrogen (secondary N) is 1. The number of halogens is 6. The number of hydrogen-bond acceptors (Lipinski definition) is 6. The third-order valence-corrected chi connectivity index (χ3v) is 6.37. The molecule has 0 radical (unpaired) electrons. The van der Waals surface area contributed by atoms with E-state index in [-0.39, 0.29) is 22.4 Å². The summed E-state index contributed by atoms with van der Waals surface area (Å²) in [6.45, 7) is 0. The van der Waals surface area contributed by atoms with Crippen molar-refractivity contribution in [3.63, 3.8) is 0 Å². The SMILES string of the molecule is COc1ccc(F)cc1Oc1c(Cl)ncnc1NS(=O)(=O)C1=CCC(Cl)(C(F)(F)F)C=C1. The molecule has 1 heterocycles. The van der Waals surface area contributed by atoms with Gasteiger partial charge in [0.05, 0.1) is 12.0 Å². The molecule has 1 unspecified atom stereocenters. The van der Waals surface area contributed by atoms with E-state index in [9.17, 15) is 26.0 Å². The van der Waals surface area contributed by atoms with Gasteiger partial charge >= 0.3 is 6.18 Å². The Morgan fingerprint density at radius 3 is 2.53 bits per heavy atom. The Kier molecular flexibility index (Phi) is 6.59. The molecular formula is C18H13Cl2F4N3O4S. The van der Waals surface area contributed by atoms with Crippen LogP contribution < -0.4 is 14.2 Å². The molecule has 0 aliphatic heterocycles. The predicted molar refractivity (Wildman–Crippen MR) is 109 cm³/mol. The number of ether oxygens (including phenoxy) is 2. The summed E-state index contributed by atoms with van der Waals surface area (Å²) in [6.07, 6.45) is -2.57. The number of anilines is 1. The normalized spacial score (nSPS) is 18.8. The van der Waals surface area contributed by atoms with Crippen molar-refractivity contribution < 1.29 is 35.5 Å². The van der Waals surface area contributed by atoms with Crippen molar-refractivity contribution in [3.05, 3.63) is 58.6 Å². The number of nitrogens with zero attached hydrogens (tertiary/aromatic N) is 2. The Morgan fingerprint density at radius 1 is 1.22 bits per heavy atom. The second-order valence-electron chi connectivity index (χ2n) is 6.35. The lowest BCUT2D eigenvalue weighted by Crippen LogP contribution is -2.38. The highest BCUT2D eigenvalue weighted by Crippen LogP contribution is 2.44. The highest BCUT2D eigenvalue weighted by molar-refractivity contribution is 7.96. The molecule has 1 aliphatic carbocycles. The quantitative estimate of drug-likeness (QED) is 0.324. The number of benzene rings is 1. The molecule has 1 atom stereocenters. The van der Waals surface area contributed by atoms with Gasteiger partial charge in [-0.25, -0.2) is 22.8 Å². The fourth-order valence-corrected chi connectivity index (χ4v) is 3.93. The van der Waals surface area contributed by atoms with Gasteiger partial charge in [0.25, 0.3) is 10.0 Å². The van der Waals surface area contributed by atoms with E-state index >= 15 is 0 Å². The van der Waals surface area contributed by atoms with Gasteiger partial charge in [-0.05, 0) is 24.6 Å². The molecule has 1 aromatic carbocycles. The van der Waals surface area contributed by atoms with Crippen molar-refractivity contribution in [1.29, 1.82) is 0 Å². The van der Waals surface area contributed by atoms with Crippen LogP contribution in [-0.2, 0) is 10.0 Å². The molecule has 0 fully saturated rings. The minimum absolute atomic E-state index is 0.101. The fraction of sp³-hybridized carbons (Fsp3) is 0.222. The summed E-state index contributed by atoms with van der Waals surface area (Å²) >= 11 is 11.5. The van der Waals surface area contributed by atoms with Crippen LogP contribution in [0.2, 0.25) is 5.15 Å². The summed E-state index contributed by atoms with van der Waals surface area (Å²) in [5.74, 6) is -1.56. The first-order valence-electron chi connectivity index (χ1n) is 8.56. The maximum Gasteiger partial charge on any atom is 0.411 e. The molecule has 1 N–H and O–H groups in total. The van der Waals surface area contributed by atoms with Gasteiger partial charge in [-0.2, -0.15) is 13.2 Å². The number of methoxy groups -OCH3 is 1. The van der Waals surface area contributed by atoms with Gasteiger partial charge in [0.15, 0.2) is 27.3 Å². The Labute approximate surface area is 189 Å². The number of sulfonamides is 1. The van der Waals surface area contributed by atoms with E-state index in [2.05, 4.69) is 14.7 Å². The van der Waals surface area contributed by atoms with Gasteiger partial charge in [0, 0.05) is 6.07 Å². The zero-order valence-electron chi connectivity index (χ0n) is 16.0.